The van der Waals surface area contributed by atoms with E-state index in [1.165, 1.54) is 0 Å². The van der Waals surface area contributed by atoms with E-state index in [1.54, 1.807) is 0 Å². The Morgan fingerprint density at radius 2 is 2.26 bits per heavy atom. The lowest BCUT2D eigenvalue weighted by Gasteiger charge is -2.37. The number of hydrogen-bond acceptors (Lipinski definition) is 4. The number of benzene rings is 1. The lowest BCUT2D eigenvalue weighted by molar-refractivity contribution is -0.0798. The van der Waals surface area contributed by atoms with Gasteiger partial charge in [-0.2, -0.15) is 0 Å². The van der Waals surface area contributed by atoms with Crippen LogP contribution in [-0.2, 0) is 4.74 Å². The molecule has 5 heteroatoms. The van der Waals surface area contributed by atoms with Crippen LogP contribution < -0.4 is 4.74 Å². The van der Waals surface area contributed by atoms with E-state index in [1.807, 2.05) is 24.3 Å². The van der Waals surface area contributed by atoms with Crippen LogP contribution in [-0.4, -0.2) is 55.1 Å². The molecular formula is C14H20BrNO3. The lowest BCUT2D eigenvalue weighted by atomic mass is 10.2. The first-order valence-corrected chi connectivity index (χ1v) is 7.34. The maximum atomic E-state index is 9.15. The highest BCUT2D eigenvalue weighted by molar-refractivity contribution is 9.10. The fraction of sp³-hybridized carbons (Fsp3) is 0.571. The Balaban J connectivity index is 1.80. The van der Waals surface area contributed by atoms with Crippen molar-refractivity contribution in [2.24, 2.45) is 0 Å². The van der Waals surface area contributed by atoms with Gasteiger partial charge >= 0.3 is 0 Å². The Hall–Kier alpha value is -0.620. The Bertz CT molecular complexity index is 402. The molecule has 2 atom stereocenters. The third-order valence-electron chi connectivity index (χ3n) is 3.31. The van der Waals surface area contributed by atoms with Crippen LogP contribution in [0.1, 0.15) is 6.92 Å². The average Bonchev–Trinajstić information content (AvgIpc) is 2.43. The fourth-order valence-electron chi connectivity index (χ4n) is 2.13. The molecule has 0 aromatic heterocycles. The van der Waals surface area contributed by atoms with Gasteiger partial charge in [0.2, 0.25) is 0 Å². The van der Waals surface area contributed by atoms with Gasteiger partial charge in [0.15, 0.2) is 0 Å². The van der Waals surface area contributed by atoms with Crippen LogP contribution in [0.3, 0.4) is 0 Å². The molecule has 1 saturated heterocycles. The van der Waals surface area contributed by atoms with Gasteiger partial charge in [-0.15, -0.1) is 0 Å². The summed E-state index contributed by atoms with van der Waals surface area (Å²) in [6.07, 6.45) is -0.0698. The number of rotatable bonds is 5. The molecule has 0 unspecified atom stereocenters. The van der Waals surface area contributed by atoms with Gasteiger partial charge in [0.25, 0.3) is 0 Å². The molecule has 0 aliphatic carbocycles. The van der Waals surface area contributed by atoms with Crippen LogP contribution in [0.2, 0.25) is 0 Å². The van der Waals surface area contributed by atoms with Gasteiger partial charge in [0.1, 0.15) is 12.4 Å². The standard InChI is InChI=1S/C14H20BrNO3/c1-11-10-19-12(9-17)8-16(11)6-7-18-14-5-3-2-4-13(14)15/h2-5,11-12,17H,6-10H2,1H3/t11-,12+/m1/s1. The van der Waals surface area contributed by atoms with E-state index in [0.717, 1.165) is 23.3 Å². The molecule has 0 radical (unpaired) electrons. The summed E-state index contributed by atoms with van der Waals surface area (Å²) < 4.78 is 12.2. The molecule has 1 N–H and O–H groups in total. The number of ether oxygens (including phenoxy) is 2. The maximum absolute atomic E-state index is 9.15. The van der Waals surface area contributed by atoms with Gasteiger partial charge in [-0.3, -0.25) is 4.90 Å². The van der Waals surface area contributed by atoms with E-state index in [9.17, 15) is 0 Å². The topological polar surface area (TPSA) is 41.9 Å². The van der Waals surface area contributed by atoms with Gasteiger partial charge in [-0.05, 0) is 35.0 Å². The van der Waals surface area contributed by atoms with E-state index >= 15 is 0 Å². The molecule has 1 aliphatic rings. The average molecular weight is 330 g/mol. The number of morpholine rings is 1. The SMILES string of the molecule is C[C@@H]1CO[C@H](CO)CN1CCOc1ccccc1Br. The van der Waals surface area contributed by atoms with Gasteiger partial charge in [-0.1, -0.05) is 12.1 Å². The molecule has 1 aromatic carbocycles. The first kappa shape index (κ1) is 14.8. The van der Waals surface area contributed by atoms with Crippen LogP contribution in [0.4, 0.5) is 0 Å². The molecule has 106 valence electrons. The van der Waals surface area contributed by atoms with Crippen molar-refractivity contribution in [1.82, 2.24) is 4.90 Å². The molecule has 2 rings (SSSR count). The van der Waals surface area contributed by atoms with Crippen molar-refractivity contribution >= 4 is 15.9 Å². The highest BCUT2D eigenvalue weighted by Crippen LogP contribution is 2.23. The molecule has 1 aliphatic heterocycles. The Labute approximate surface area is 122 Å². The molecule has 0 bridgehead atoms. The summed E-state index contributed by atoms with van der Waals surface area (Å²) in [6.45, 7) is 5.10. The van der Waals surface area contributed by atoms with Crippen molar-refractivity contribution in [3.63, 3.8) is 0 Å². The first-order valence-electron chi connectivity index (χ1n) is 6.54. The quantitative estimate of drug-likeness (QED) is 0.896. The normalized spacial score (nSPS) is 24.4. The summed E-state index contributed by atoms with van der Waals surface area (Å²) in [5.74, 6) is 0.863. The van der Waals surface area contributed by atoms with Crippen molar-refractivity contribution in [2.45, 2.75) is 19.1 Å². The molecular weight excluding hydrogens is 310 g/mol. The second-order valence-corrected chi connectivity index (χ2v) is 5.62. The zero-order valence-electron chi connectivity index (χ0n) is 11.1. The number of halogens is 1. The highest BCUT2D eigenvalue weighted by Gasteiger charge is 2.25. The predicted molar refractivity (Wildman–Crippen MR) is 77.5 cm³/mol. The van der Waals surface area contributed by atoms with Crippen LogP contribution in [0, 0.1) is 0 Å². The number of para-hydroxylation sites is 1. The van der Waals surface area contributed by atoms with Gasteiger partial charge < -0.3 is 14.6 Å². The largest absolute Gasteiger partial charge is 0.491 e. The monoisotopic (exact) mass is 329 g/mol. The van der Waals surface area contributed by atoms with Gasteiger partial charge in [0, 0.05) is 19.1 Å². The Kier molecular flexibility index (Phi) is 5.63. The molecule has 0 amide bonds. The number of aliphatic hydroxyl groups is 1. The Morgan fingerprint density at radius 1 is 1.47 bits per heavy atom. The van der Waals surface area contributed by atoms with E-state index in [4.69, 9.17) is 14.6 Å². The van der Waals surface area contributed by atoms with Crippen LogP contribution in [0.5, 0.6) is 5.75 Å². The second kappa shape index (κ2) is 7.24. The van der Waals surface area contributed by atoms with E-state index in [0.29, 0.717) is 19.3 Å². The van der Waals surface area contributed by atoms with Crippen LogP contribution in [0.15, 0.2) is 28.7 Å². The van der Waals surface area contributed by atoms with Crippen LogP contribution >= 0.6 is 15.9 Å². The third-order valence-corrected chi connectivity index (χ3v) is 3.97. The molecule has 4 nitrogen and oxygen atoms in total. The smallest absolute Gasteiger partial charge is 0.133 e. The molecule has 1 fully saturated rings. The van der Waals surface area contributed by atoms with E-state index in [-0.39, 0.29) is 12.7 Å². The van der Waals surface area contributed by atoms with Crippen LogP contribution in [0.25, 0.3) is 0 Å². The molecule has 1 aromatic rings. The van der Waals surface area contributed by atoms with Crippen molar-refractivity contribution in [2.75, 3.05) is 32.9 Å². The fourth-order valence-corrected chi connectivity index (χ4v) is 2.53. The van der Waals surface area contributed by atoms with Crippen molar-refractivity contribution < 1.29 is 14.6 Å². The van der Waals surface area contributed by atoms with Gasteiger partial charge in [0.05, 0.1) is 23.8 Å². The number of aliphatic hydroxyl groups excluding tert-OH is 1. The lowest BCUT2D eigenvalue weighted by Crippen LogP contribution is -2.50. The number of hydrogen-bond donors (Lipinski definition) is 1. The van der Waals surface area contributed by atoms with E-state index in [2.05, 4.69) is 27.8 Å². The second-order valence-electron chi connectivity index (χ2n) is 4.76. The summed E-state index contributed by atoms with van der Waals surface area (Å²) in [5, 5.41) is 9.15. The summed E-state index contributed by atoms with van der Waals surface area (Å²) in [6, 6.07) is 8.20. The molecule has 0 saturated carbocycles. The first-order chi connectivity index (χ1) is 9.20. The summed E-state index contributed by atoms with van der Waals surface area (Å²) in [5.41, 5.74) is 0. The van der Waals surface area contributed by atoms with E-state index < -0.39 is 0 Å². The zero-order chi connectivity index (χ0) is 13.7. The molecule has 1 heterocycles. The minimum Gasteiger partial charge on any atom is -0.491 e. The zero-order valence-corrected chi connectivity index (χ0v) is 12.7. The highest BCUT2D eigenvalue weighted by atomic mass is 79.9. The number of nitrogens with zero attached hydrogens (tertiary/aromatic N) is 1. The van der Waals surface area contributed by atoms with Crippen molar-refractivity contribution in [1.29, 1.82) is 0 Å². The van der Waals surface area contributed by atoms with Gasteiger partial charge in [-0.25, -0.2) is 0 Å². The Morgan fingerprint density at radius 3 is 3.00 bits per heavy atom. The molecule has 0 spiro atoms. The van der Waals surface area contributed by atoms with Crippen molar-refractivity contribution in [3.05, 3.63) is 28.7 Å². The maximum Gasteiger partial charge on any atom is 0.133 e. The summed E-state index contributed by atoms with van der Waals surface area (Å²) in [7, 11) is 0. The minimum atomic E-state index is -0.0698. The van der Waals surface area contributed by atoms with Crippen molar-refractivity contribution in [3.8, 4) is 5.75 Å². The summed E-state index contributed by atoms with van der Waals surface area (Å²) in [4.78, 5) is 2.29. The third kappa shape index (κ3) is 4.18. The predicted octanol–water partition coefficient (Wildman–Crippen LogP) is 1.91. The molecule has 19 heavy (non-hydrogen) atoms. The minimum absolute atomic E-state index is 0.0698. The summed E-state index contributed by atoms with van der Waals surface area (Å²) >= 11 is 3.46.